The number of carbonyl (C=O) groups is 4. The number of aliphatic hydroxyl groups excluding tert-OH is 3. The highest BCUT2D eigenvalue weighted by molar-refractivity contribution is 5.67. The second kappa shape index (κ2) is 49.6. The van der Waals surface area contributed by atoms with Crippen molar-refractivity contribution in [2.24, 2.45) is 0 Å². The van der Waals surface area contributed by atoms with Gasteiger partial charge in [0, 0.05) is 25.7 Å². The van der Waals surface area contributed by atoms with E-state index in [0.29, 0.717) is 25.7 Å². The average molecular weight is 669 g/mol. The number of rotatable bonds is 26. The molecule has 0 aromatic carbocycles. The molecule has 11 heteroatoms. The van der Waals surface area contributed by atoms with Crippen LogP contribution in [0.25, 0.3) is 0 Å². The zero-order chi connectivity index (χ0) is 36.3. The fourth-order valence-electron chi connectivity index (χ4n) is 3.58. The molecule has 46 heavy (non-hydrogen) atoms. The van der Waals surface area contributed by atoms with Crippen LogP contribution in [0.2, 0.25) is 0 Å². The number of hydrogen-bond acceptors (Lipinski definition) is 7. The summed E-state index contributed by atoms with van der Waals surface area (Å²) in [6.45, 7) is 7.87. The van der Waals surface area contributed by atoms with Gasteiger partial charge in [0.2, 0.25) is 0 Å². The molecule has 0 aromatic heterocycles. The molecule has 0 aliphatic heterocycles. The summed E-state index contributed by atoms with van der Waals surface area (Å²) in [4.78, 5) is 40.1. The molecule has 0 spiro atoms. The summed E-state index contributed by atoms with van der Waals surface area (Å²) in [5.74, 6) is -2.68. The molecule has 0 atom stereocenters. The summed E-state index contributed by atoms with van der Waals surface area (Å²) in [5, 5.41) is 57.1. The minimum atomic E-state index is -0.954. The van der Waals surface area contributed by atoms with Crippen LogP contribution < -0.4 is 0 Å². The molecule has 7 N–H and O–H groups in total. The first-order valence-corrected chi connectivity index (χ1v) is 17.7. The molecule has 278 valence electrons. The lowest BCUT2D eigenvalue weighted by Gasteiger charge is -1.96. The van der Waals surface area contributed by atoms with Gasteiger partial charge in [0.25, 0.3) is 0 Å². The topological polar surface area (TPSA) is 210 Å². The van der Waals surface area contributed by atoms with E-state index >= 15 is 0 Å². The number of unbranched alkanes of at least 4 members (excludes halogenated alkanes) is 16. The van der Waals surface area contributed by atoms with Crippen molar-refractivity contribution in [3.05, 3.63) is 0 Å². The number of aliphatic carboxylic acids is 4. The van der Waals surface area contributed by atoms with E-state index in [1.807, 2.05) is 0 Å². The van der Waals surface area contributed by atoms with Crippen LogP contribution in [0, 0.1) is 0 Å². The van der Waals surface area contributed by atoms with E-state index in [1.54, 1.807) is 0 Å². The summed E-state index contributed by atoms with van der Waals surface area (Å²) < 4.78 is 0. The van der Waals surface area contributed by atoms with Crippen molar-refractivity contribution in [1.82, 2.24) is 0 Å². The monoisotopic (exact) mass is 669 g/mol. The minimum absolute atomic E-state index is 0.337. The second-order valence-corrected chi connectivity index (χ2v) is 11.3. The normalized spacial score (nSPS) is 9.74. The molecule has 0 unspecified atom stereocenters. The maximum Gasteiger partial charge on any atom is 0.303 e. The Bertz CT molecular complexity index is 528. The van der Waals surface area contributed by atoms with Crippen LogP contribution in [0.3, 0.4) is 0 Å². The van der Waals surface area contributed by atoms with Crippen LogP contribution in [-0.2, 0) is 19.2 Å². The van der Waals surface area contributed by atoms with Gasteiger partial charge in [0.15, 0.2) is 0 Å². The molecule has 0 rings (SSSR count). The van der Waals surface area contributed by atoms with Gasteiger partial charge in [-0.25, -0.2) is 0 Å². The van der Waals surface area contributed by atoms with Crippen molar-refractivity contribution in [3.8, 4) is 0 Å². The van der Waals surface area contributed by atoms with Gasteiger partial charge in [-0.15, -0.1) is 0 Å². The largest absolute Gasteiger partial charge is 0.481 e. The Labute approximate surface area is 279 Å². The van der Waals surface area contributed by atoms with Crippen molar-refractivity contribution in [3.63, 3.8) is 0 Å². The Balaban J connectivity index is -0.000000154. The summed E-state index contributed by atoms with van der Waals surface area (Å²) in [5.41, 5.74) is 0. The SMILES string of the molecule is CCCCCCCC(=O)O.CCCCCCCC(=O)O.CCCCCCCC(=O)O.CCCCCCCC(=O)O.OCC(O)CO. The molecule has 0 saturated carbocycles. The third kappa shape index (κ3) is 78.3. The Morgan fingerprint density at radius 1 is 0.370 bits per heavy atom. The van der Waals surface area contributed by atoms with E-state index in [0.717, 1.165) is 51.4 Å². The van der Waals surface area contributed by atoms with E-state index in [-0.39, 0.29) is 13.2 Å². The van der Waals surface area contributed by atoms with Gasteiger partial charge in [-0.1, -0.05) is 130 Å². The van der Waals surface area contributed by atoms with Gasteiger partial charge in [0.1, 0.15) is 6.10 Å². The number of carboxylic acid groups (broad SMARTS) is 4. The lowest BCUT2D eigenvalue weighted by molar-refractivity contribution is -0.138. The standard InChI is InChI=1S/4C8H16O2.C3H8O3/c4*1-2-3-4-5-6-7-8(9)10;4-1-3(6)2-5/h4*2-7H2,1H3,(H,9,10);3-6H,1-2H2. The van der Waals surface area contributed by atoms with Gasteiger partial charge in [-0.2, -0.15) is 0 Å². The molecular weight excluding hydrogens is 596 g/mol. The van der Waals surface area contributed by atoms with Gasteiger partial charge < -0.3 is 35.7 Å². The molecule has 0 amide bonds. The molecule has 0 saturated heterocycles. The third-order valence-electron chi connectivity index (χ3n) is 6.40. The van der Waals surface area contributed by atoms with E-state index in [1.165, 1.54) is 77.0 Å². The van der Waals surface area contributed by atoms with Crippen molar-refractivity contribution in [2.75, 3.05) is 13.2 Å². The minimum Gasteiger partial charge on any atom is -0.481 e. The first-order valence-electron chi connectivity index (χ1n) is 17.7. The van der Waals surface area contributed by atoms with Crippen LogP contribution in [-0.4, -0.2) is 78.9 Å². The number of carboxylic acids is 4. The molecule has 0 aliphatic rings. The molecule has 0 aliphatic carbocycles. The van der Waals surface area contributed by atoms with E-state index in [2.05, 4.69) is 27.7 Å². The Morgan fingerprint density at radius 3 is 0.652 bits per heavy atom. The smallest absolute Gasteiger partial charge is 0.303 e. The molecule has 11 nitrogen and oxygen atoms in total. The van der Waals surface area contributed by atoms with Crippen LogP contribution in [0.5, 0.6) is 0 Å². The summed E-state index contributed by atoms with van der Waals surface area (Å²) in [6, 6.07) is 0. The van der Waals surface area contributed by atoms with Crippen LogP contribution in [0.4, 0.5) is 0 Å². The van der Waals surface area contributed by atoms with Crippen molar-refractivity contribution >= 4 is 23.9 Å². The predicted octanol–water partition coefficient (Wildman–Crippen LogP) is 8.06. The zero-order valence-corrected chi connectivity index (χ0v) is 29.7. The van der Waals surface area contributed by atoms with Crippen molar-refractivity contribution < 1.29 is 54.9 Å². The third-order valence-corrected chi connectivity index (χ3v) is 6.40. The molecule has 0 fully saturated rings. The van der Waals surface area contributed by atoms with Gasteiger partial charge in [-0.3, -0.25) is 19.2 Å². The lowest BCUT2D eigenvalue weighted by atomic mass is 10.1. The summed E-state index contributed by atoms with van der Waals surface area (Å²) in [6.07, 6.45) is 22.6. The lowest BCUT2D eigenvalue weighted by Crippen LogP contribution is -2.15. The first-order chi connectivity index (χ1) is 21.9. The van der Waals surface area contributed by atoms with Gasteiger partial charge in [0.05, 0.1) is 13.2 Å². The van der Waals surface area contributed by atoms with Crippen molar-refractivity contribution in [2.45, 2.75) is 188 Å². The fraction of sp³-hybridized carbons (Fsp3) is 0.886. The fourth-order valence-corrected chi connectivity index (χ4v) is 3.58. The first kappa shape index (κ1) is 53.3. The molecule has 0 bridgehead atoms. The van der Waals surface area contributed by atoms with Crippen LogP contribution in [0.1, 0.15) is 182 Å². The van der Waals surface area contributed by atoms with Crippen molar-refractivity contribution in [1.29, 1.82) is 0 Å². The number of hydrogen-bond donors (Lipinski definition) is 7. The van der Waals surface area contributed by atoms with E-state index in [9.17, 15) is 19.2 Å². The number of aliphatic hydroxyl groups is 3. The van der Waals surface area contributed by atoms with Gasteiger partial charge in [-0.05, 0) is 25.7 Å². The highest BCUT2D eigenvalue weighted by Gasteiger charge is 1.97. The summed E-state index contributed by atoms with van der Waals surface area (Å²) in [7, 11) is 0. The Hall–Kier alpha value is -2.24. The maximum atomic E-state index is 10.0. The van der Waals surface area contributed by atoms with E-state index < -0.39 is 30.0 Å². The molecule has 0 aromatic rings. The molecule has 0 radical (unpaired) electrons. The molecule has 0 heterocycles. The Morgan fingerprint density at radius 2 is 0.543 bits per heavy atom. The highest BCUT2D eigenvalue weighted by atomic mass is 16.4. The van der Waals surface area contributed by atoms with Gasteiger partial charge >= 0.3 is 23.9 Å². The average Bonchev–Trinajstić information content (AvgIpc) is 3.01. The second-order valence-electron chi connectivity index (χ2n) is 11.3. The van der Waals surface area contributed by atoms with Crippen LogP contribution >= 0.6 is 0 Å². The molecular formula is C35H72O11. The van der Waals surface area contributed by atoms with Crippen LogP contribution in [0.15, 0.2) is 0 Å². The Kier molecular flexibility index (Phi) is 57.5. The quantitative estimate of drug-likeness (QED) is 0.0438. The zero-order valence-electron chi connectivity index (χ0n) is 29.7. The maximum absolute atomic E-state index is 10.0. The highest BCUT2D eigenvalue weighted by Crippen LogP contribution is 2.06. The predicted molar refractivity (Wildman–Crippen MR) is 184 cm³/mol. The van der Waals surface area contributed by atoms with E-state index in [4.69, 9.17) is 35.7 Å². The summed E-state index contributed by atoms with van der Waals surface area (Å²) >= 11 is 0.